The summed E-state index contributed by atoms with van der Waals surface area (Å²) in [7, 11) is 0. The maximum atomic E-state index is 5.53. The van der Waals surface area contributed by atoms with Gasteiger partial charge in [0.1, 0.15) is 5.75 Å². The lowest BCUT2D eigenvalue weighted by Crippen LogP contribution is -2.12. The average Bonchev–Trinajstić information content (AvgIpc) is 2.18. The minimum absolute atomic E-state index is 0.709. The van der Waals surface area contributed by atoms with Gasteiger partial charge in [0.25, 0.3) is 0 Å². The molecule has 78 valence electrons. The normalized spacial score (nSPS) is 10.2. The van der Waals surface area contributed by atoms with Gasteiger partial charge in [-0.25, -0.2) is 0 Å². The summed E-state index contributed by atoms with van der Waals surface area (Å²) in [4.78, 5) is 0. The third kappa shape index (κ3) is 3.31. The van der Waals surface area contributed by atoms with Crippen LogP contribution in [0.15, 0.2) is 22.7 Å². The number of hydrogen-bond donors (Lipinski definition) is 1. The molecule has 0 bridgehead atoms. The molecule has 1 rings (SSSR count). The molecule has 0 saturated carbocycles. The summed E-state index contributed by atoms with van der Waals surface area (Å²) in [6, 6.07) is 6.09. The fourth-order valence-corrected chi connectivity index (χ4v) is 1.65. The standard InChI is InChI=1S/C11H16BrNO/c1-3-13-8-9-7-10(12)5-6-11(9)14-4-2/h5-7,13H,3-4,8H2,1-2H3. The van der Waals surface area contributed by atoms with Crippen LogP contribution in [0.25, 0.3) is 0 Å². The molecule has 0 fully saturated rings. The van der Waals surface area contributed by atoms with Gasteiger partial charge >= 0.3 is 0 Å². The molecule has 1 aromatic rings. The minimum Gasteiger partial charge on any atom is -0.494 e. The number of hydrogen-bond acceptors (Lipinski definition) is 2. The molecular weight excluding hydrogens is 242 g/mol. The van der Waals surface area contributed by atoms with E-state index in [0.29, 0.717) is 6.61 Å². The lowest BCUT2D eigenvalue weighted by Gasteiger charge is -2.10. The molecule has 0 atom stereocenters. The second kappa shape index (κ2) is 6.04. The Morgan fingerprint density at radius 1 is 1.36 bits per heavy atom. The minimum atomic E-state index is 0.709. The first-order chi connectivity index (χ1) is 6.77. The highest BCUT2D eigenvalue weighted by Crippen LogP contribution is 2.23. The molecule has 0 unspecified atom stereocenters. The Balaban J connectivity index is 2.79. The van der Waals surface area contributed by atoms with E-state index >= 15 is 0 Å². The van der Waals surface area contributed by atoms with Gasteiger partial charge in [-0.3, -0.25) is 0 Å². The number of ether oxygens (including phenoxy) is 1. The van der Waals surface area contributed by atoms with Crippen molar-refractivity contribution in [1.82, 2.24) is 5.32 Å². The number of halogens is 1. The molecule has 0 heterocycles. The molecule has 14 heavy (non-hydrogen) atoms. The van der Waals surface area contributed by atoms with Crippen LogP contribution >= 0.6 is 15.9 Å². The molecule has 3 heteroatoms. The van der Waals surface area contributed by atoms with Crippen LogP contribution in [-0.4, -0.2) is 13.2 Å². The van der Waals surface area contributed by atoms with Gasteiger partial charge < -0.3 is 10.1 Å². The van der Waals surface area contributed by atoms with Crippen molar-refractivity contribution in [2.75, 3.05) is 13.2 Å². The summed E-state index contributed by atoms with van der Waals surface area (Å²) in [5, 5.41) is 3.29. The van der Waals surface area contributed by atoms with E-state index in [2.05, 4.69) is 34.2 Å². The van der Waals surface area contributed by atoms with Crippen LogP contribution in [0.2, 0.25) is 0 Å². The van der Waals surface area contributed by atoms with Crippen LogP contribution in [0.3, 0.4) is 0 Å². The van der Waals surface area contributed by atoms with Crippen LogP contribution in [0.4, 0.5) is 0 Å². The smallest absolute Gasteiger partial charge is 0.123 e. The summed E-state index contributed by atoms with van der Waals surface area (Å²) in [5.41, 5.74) is 1.20. The first kappa shape index (κ1) is 11.5. The monoisotopic (exact) mass is 257 g/mol. The van der Waals surface area contributed by atoms with E-state index in [4.69, 9.17) is 4.74 Å². The molecule has 0 aliphatic carbocycles. The topological polar surface area (TPSA) is 21.3 Å². The van der Waals surface area contributed by atoms with Gasteiger partial charge in [-0.05, 0) is 31.7 Å². The summed E-state index contributed by atoms with van der Waals surface area (Å²) in [5.74, 6) is 0.969. The predicted octanol–water partition coefficient (Wildman–Crippen LogP) is 2.96. The Hall–Kier alpha value is -0.540. The Morgan fingerprint density at radius 3 is 2.79 bits per heavy atom. The van der Waals surface area contributed by atoms with Gasteiger partial charge in [0.05, 0.1) is 6.61 Å². The molecule has 1 aromatic carbocycles. The molecule has 0 radical (unpaired) electrons. The highest BCUT2D eigenvalue weighted by atomic mass is 79.9. The van der Waals surface area contributed by atoms with Gasteiger partial charge in [0.2, 0.25) is 0 Å². The van der Waals surface area contributed by atoms with E-state index in [9.17, 15) is 0 Å². The fraction of sp³-hybridized carbons (Fsp3) is 0.455. The van der Waals surface area contributed by atoms with Gasteiger partial charge in [0.15, 0.2) is 0 Å². The van der Waals surface area contributed by atoms with Crippen LogP contribution in [0.5, 0.6) is 5.75 Å². The number of nitrogens with one attached hydrogen (secondary N) is 1. The zero-order valence-corrected chi connectivity index (χ0v) is 10.2. The third-order valence-corrected chi connectivity index (χ3v) is 2.38. The van der Waals surface area contributed by atoms with E-state index < -0.39 is 0 Å². The first-order valence-electron chi connectivity index (χ1n) is 4.89. The summed E-state index contributed by atoms with van der Waals surface area (Å²) >= 11 is 3.46. The van der Waals surface area contributed by atoms with E-state index in [-0.39, 0.29) is 0 Å². The van der Waals surface area contributed by atoms with Crippen molar-refractivity contribution in [3.63, 3.8) is 0 Å². The summed E-state index contributed by atoms with van der Waals surface area (Å²) in [6.07, 6.45) is 0. The molecular formula is C11H16BrNO. The highest BCUT2D eigenvalue weighted by molar-refractivity contribution is 9.10. The Kier molecular flexibility index (Phi) is 4.98. The third-order valence-electron chi connectivity index (χ3n) is 1.89. The quantitative estimate of drug-likeness (QED) is 0.876. The molecule has 0 aromatic heterocycles. The van der Waals surface area contributed by atoms with Crippen LogP contribution < -0.4 is 10.1 Å². The van der Waals surface area contributed by atoms with Crippen molar-refractivity contribution in [2.45, 2.75) is 20.4 Å². The van der Waals surface area contributed by atoms with Gasteiger partial charge in [-0.15, -0.1) is 0 Å². The maximum Gasteiger partial charge on any atom is 0.123 e. The van der Waals surface area contributed by atoms with Crippen molar-refractivity contribution >= 4 is 15.9 Å². The second-order valence-corrected chi connectivity index (χ2v) is 3.88. The van der Waals surface area contributed by atoms with E-state index in [1.807, 2.05) is 19.1 Å². The van der Waals surface area contributed by atoms with Crippen LogP contribution in [0, 0.1) is 0 Å². The van der Waals surface area contributed by atoms with Crippen molar-refractivity contribution in [1.29, 1.82) is 0 Å². The maximum absolute atomic E-state index is 5.53. The van der Waals surface area contributed by atoms with Crippen molar-refractivity contribution in [3.8, 4) is 5.75 Å². The average molecular weight is 258 g/mol. The van der Waals surface area contributed by atoms with Gasteiger partial charge in [-0.2, -0.15) is 0 Å². The second-order valence-electron chi connectivity index (χ2n) is 2.97. The Labute approximate surface area is 93.8 Å². The van der Waals surface area contributed by atoms with E-state index in [1.165, 1.54) is 5.56 Å². The first-order valence-corrected chi connectivity index (χ1v) is 5.69. The van der Waals surface area contributed by atoms with Crippen LogP contribution in [0.1, 0.15) is 19.4 Å². The van der Waals surface area contributed by atoms with E-state index in [0.717, 1.165) is 23.3 Å². The van der Waals surface area contributed by atoms with E-state index in [1.54, 1.807) is 0 Å². The Morgan fingerprint density at radius 2 is 2.14 bits per heavy atom. The molecule has 0 saturated heterocycles. The molecule has 0 aliphatic heterocycles. The fourth-order valence-electron chi connectivity index (χ4n) is 1.24. The number of benzene rings is 1. The molecule has 2 nitrogen and oxygen atoms in total. The largest absolute Gasteiger partial charge is 0.494 e. The lowest BCUT2D eigenvalue weighted by molar-refractivity contribution is 0.335. The Bertz CT molecular complexity index is 289. The molecule has 0 amide bonds. The summed E-state index contributed by atoms with van der Waals surface area (Å²) < 4.78 is 6.62. The summed E-state index contributed by atoms with van der Waals surface area (Å²) in [6.45, 7) is 6.63. The van der Waals surface area contributed by atoms with Gasteiger partial charge in [-0.1, -0.05) is 22.9 Å². The van der Waals surface area contributed by atoms with Crippen LogP contribution in [-0.2, 0) is 6.54 Å². The van der Waals surface area contributed by atoms with Crippen molar-refractivity contribution in [2.24, 2.45) is 0 Å². The molecule has 1 N–H and O–H groups in total. The predicted molar refractivity (Wildman–Crippen MR) is 62.7 cm³/mol. The SMILES string of the molecule is CCNCc1cc(Br)ccc1OCC. The zero-order valence-electron chi connectivity index (χ0n) is 8.64. The van der Waals surface area contributed by atoms with Crippen molar-refractivity contribution < 1.29 is 4.74 Å². The zero-order chi connectivity index (χ0) is 10.4. The molecule has 0 aliphatic rings. The lowest BCUT2D eigenvalue weighted by atomic mass is 10.2. The highest BCUT2D eigenvalue weighted by Gasteiger charge is 2.02. The van der Waals surface area contributed by atoms with Crippen molar-refractivity contribution in [3.05, 3.63) is 28.2 Å². The number of rotatable bonds is 5. The van der Waals surface area contributed by atoms with Gasteiger partial charge in [0, 0.05) is 16.6 Å². The molecule has 0 spiro atoms.